The highest BCUT2D eigenvalue weighted by Gasteiger charge is 2.22. The van der Waals surface area contributed by atoms with E-state index >= 15 is 0 Å². The maximum absolute atomic E-state index is 12.7. The highest BCUT2D eigenvalue weighted by atomic mass is 32.2. The minimum atomic E-state index is -0.103. The molecule has 1 fully saturated rings. The van der Waals surface area contributed by atoms with Crippen LogP contribution in [-0.4, -0.2) is 41.6 Å². The molecule has 1 aliphatic carbocycles. The van der Waals surface area contributed by atoms with Crippen molar-refractivity contribution in [1.29, 1.82) is 0 Å². The summed E-state index contributed by atoms with van der Waals surface area (Å²) in [7, 11) is 0. The third kappa shape index (κ3) is 4.89. The van der Waals surface area contributed by atoms with Crippen molar-refractivity contribution in [3.8, 4) is 5.69 Å². The molecule has 0 aliphatic heterocycles. The van der Waals surface area contributed by atoms with Crippen LogP contribution in [0.3, 0.4) is 0 Å². The van der Waals surface area contributed by atoms with E-state index in [1.54, 1.807) is 4.68 Å². The van der Waals surface area contributed by atoms with Gasteiger partial charge in [-0.3, -0.25) is 4.79 Å². The van der Waals surface area contributed by atoms with Gasteiger partial charge in [-0.2, -0.15) is 5.10 Å². The Bertz CT molecular complexity index is 976. The van der Waals surface area contributed by atoms with Crippen LogP contribution < -0.4 is 5.32 Å². The summed E-state index contributed by atoms with van der Waals surface area (Å²) >= 11 is 1.34. The number of amides is 1. The average Bonchev–Trinajstić information content (AvgIpc) is 3.48. The molecule has 158 valence electrons. The highest BCUT2D eigenvalue weighted by Crippen LogP contribution is 2.35. The summed E-state index contributed by atoms with van der Waals surface area (Å²) in [4.78, 5) is 12.7. The molecule has 2 heterocycles. The normalized spacial score (nSPS) is 14.5. The lowest BCUT2D eigenvalue weighted by Crippen LogP contribution is -2.17. The summed E-state index contributed by atoms with van der Waals surface area (Å²) in [5, 5.41) is 20.3. The molecule has 1 aromatic carbocycles. The van der Waals surface area contributed by atoms with Crippen molar-refractivity contribution in [2.75, 3.05) is 11.1 Å². The molecule has 4 rings (SSSR count). The molecule has 0 atom stereocenters. The lowest BCUT2D eigenvalue weighted by Gasteiger charge is -2.09. The number of nitrogens with one attached hydrogen (secondary N) is 1. The largest absolute Gasteiger partial charge is 0.310 e. The summed E-state index contributed by atoms with van der Waals surface area (Å²) in [6.45, 7) is 4.94. The lowest BCUT2D eigenvalue weighted by atomic mass is 10.0. The number of nitrogens with zero attached hydrogens (tertiary/aromatic N) is 6. The third-order valence-corrected chi connectivity index (χ3v) is 6.10. The predicted molar refractivity (Wildman–Crippen MR) is 117 cm³/mol. The molecule has 0 radical (unpaired) electrons. The molecule has 0 spiro atoms. The van der Waals surface area contributed by atoms with Crippen molar-refractivity contribution >= 4 is 23.5 Å². The summed E-state index contributed by atoms with van der Waals surface area (Å²) in [6.07, 6.45) is 4.81. The second-order valence-corrected chi connectivity index (χ2v) is 9.00. The minimum Gasteiger partial charge on any atom is -0.310 e. The molecule has 8 nitrogen and oxygen atoms in total. The molecule has 9 heteroatoms. The molecule has 1 N–H and O–H groups in total. The Morgan fingerprint density at radius 3 is 2.73 bits per heavy atom. The molecule has 0 unspecified atom stereocenters. The Morgan fingerprint density at radius 2 is 2.00 bits per heavy atom. The lowest BCUT2D eigenvalue weighted by molar-refractivity contribution is -0.113. The first-order valence-electron chi connectivity index (χ1n) is 10.4. The van der Waals surface area contributed by atoms with Gasteiger partial charge in [0.2, 0.25) is 11.1 Å². The van der Waals surface area contributed by atoms with Crippen molar-refractivity contribution in [1.82, 2.24) is 30.0 Å². The first kappa shape index (κ1) is 20.6. The Balaban J connectivity index is 1.48. The van der Waals surface area contributed by atoms with Crippen LogP contribution in [0.1, 0.15) is 51.1 Å². The number of carbonyl (C=O) groups is 1. The van der Waals surface area contributed by atoms with Gasteiger partial charge < -0.3 is 5.32 Å². The van der Waals surface area contributed by atoms with Gasteiger partial charge in [-0.1, -0.05) is 56.7 Å². The van der Waals surface area contributed by atoms with Crippen molar-refractivity contribution in [3.63, 3.8) is 0 Å². The maximum atomic E-state index is 12.7. The number of thioether (sulfide) groups is 1. The molecule has 1 aliphatic rings. The van der Waals surface area contributed by atoms with E-state index in [0.717, 1.165) is 30.8 Å². The topological polar surface area (TPSA) is 90.5 Å². The van der Waals surface area contributed by atoms with Gasteiger partial charge in [0.1, 0.15) is 5.82 Å². The van der Waals surface area contributed by atoms with Gasteiger partial charge in [-0.15, -0.1) is 5.10 Å². The second kappa shape index (κ2) is 9.42. The summed E-state index contributed by atoms with van der Waals surface area (Å²) in [5.74, 6) is 1.73. The molecular weight excluding hydrogens is 398 g/mol. The Kier molecular flexibility index (Phi) is 6.47. The van der Waals surface area contributed by atoms with E-state index in [0.29, 0.717) is 22.8 Å². The number of carbonyl (C=O) groups excluding carboxylic acids is 1. The fraction of sp³-hybridized carbons (Fsp3) is 0.476. The molecule has 2 aromatic heterocycles. The molecule has 30 heavy (non-hydrogen) atoms. The van der Waals surface area contributed by atoms with Crippen LogP contribution in [0.5, 0.6) is 0 Å². The van der Waals surface area contributed by atoms with Crippen LogP contribution >= 0.6 is 11.8 Å². The second-order valence-electron chi connectivity index (χ2n) is 8.06. The van der Waals surface area contributed by atoms with Gasteiger partial charge in [-0.25, -0.2) is 9.36 Å². The van der Waals surface area contributed by atoms with E-state index in [-0.39, 0.29) is 11.7 Å². The van der Waals surface area contributed by atoms with E-state index in [1.807, 2.05) is 41.1 Å². The Morgan fingerprint density at radius 1 is 1.23 bits per heavy atom. The number of hydrogen-bond donors (Lipinski definition) is 1. The number of aromatic nitrogens is 6. The van der Waals surface area contributed by atoms with Crippen molar-refractivity contribution in [3.05, 3.63) is 42.1 Å². The molecular formula is C21H27N7OS. The number of rotatable bonds is 8. The third-order valence-electron chi connectivity index (χ3n) is 5.14. The van der Waals surface area contributed by atoms with E-state index in [2.05, 4.69) is 34.7 Å². The Hall–Kier alpha value is -2.68. The smallest absolute Gasteiger partial charge is 0.236 e. The summed E-state index contributed by atoms with van der Waals surface area (Å²) in [5.41, 5.74) is 1.99. The SMILES string of the molecule is CC(C)Cn1nnnc1SCC(=O)Nc1cc(C2CCCC2)nn1-c1ccccc1. The van der Waals surface area contributed by atoms with E-state index in [1.165, 1.54) is 24.6 Å². The highest BCUT2D eigenvalue weighted by molar-refractivity contribution is 7.99. The zero-order chi connectivity index (χ0) is 20.9. The molecule has 1 saturated carbocycles. The predicted octanol–water partition coefficient (Wildman–Crippen LogP) is 3.90. The van der Waals surface area contributed by atoms with Crippen molar-refractivity contribution < 1.29 is 4.79 Å². The number of tetrazole rings is 1. The van der Waals surface area contributed by atoms with Crippen LogP contribution in [0.25, 0.3) is 5.69 Å². The van der Waals surface area contributed by atoms with E-state index < -0.39 is 0 Å². The van der Waals surface area contributed by atoms with Crippen molar-refractivity contribution in [2.24, 2.45) is 5.92 Å². The van der Waals surface area contributed by atoms with Gasteiger partial charge in [0.15, 0.2) is 0 Å². The number of para-hydroxylation sites is 1. The van der Waals surface area contributed by atoms with Gasteiger partial charge in [0.05, 0.1) is 17.1 Å². The molecule has 0 saturated heterocycles. The Labute approximate surface area is 180 Å². The number of hydrogen-bond acceptors (Lipinski definition) is 6. The van der Waals surface area contributed by atoms with Gasteiger partial charge in [0, 0.05) is 18.5 Å². The van der Waals surface area contributed by atoms with Crippen LogP contribution in [-0.2, 0) is 11.3 Å². The van der Waals surface area contributed by atoms with Crippen molar-refractivity contribution in [2.45, 2.75) is 57.1 Å². The van der Waals surface area contributed by atoms with Crippen LogP contribution in [0, 0.1) is 5.92 Å². The number of benzene rings is 1. The first-order chi connectivity index (χ1) is 14.6. The van der Waals surface area contributed by atoms with Gasteiger partial charge in [0.25, 0.3) is 0 Å². The average molecular weight is 426 g/mol. The fourth-order valence-electron chi connectivity index (χ4n) is 3.74. The van der Waals surface area contributed by atoms with Gasteiger partial charge in [-0.05, 0) is 41.3 Å². The van der Waals surface area contributed by atoms with Crippen LogP contribution in [0.4, 0.5) is 5.82 Å². The zero-order valence-electron chi connectivity index (χ0n) is 17.4. The quantitative estimate of drug-likeness (QED) is 0.551. The summed E-state index contributed by atoms with van der Waals surface area (Å²) in [6, 6.07) is 11.9. The van der Waals surface area contributed by atoms with E-state index in [4.69, 9.17) is 5.10 Å². The summed E-state index contributed by atoms with van der Waals surface area (Å²) < 4.78 is 3.58. The molecule has 3 aromatic rings. The standard InChI is InChI=1S/C21H27N7OS/c1-15(2)13-27-21(23-25-26-27)30-14-20(29)22-19-12-18(16-8-6-7-9-16)24-28(19)17-10-4-3-5-11-17/h3-5,10-12,15-16H,6-9,13-14H2,1-2H3,(H,22,29). The van der Waals surface area contributed by atoms with Gasteiger partial charge >= 0.3 is 0 Å². The first-order valence-corrected chi connectivity index (χ1v) is 11.4. The minimum absolute atomic E-state index is 0.103. The fourth-order valence-corrected chi connectivity index (χ4v) is 4.43. The monoisotopic (exact) mass is 425 g/mol. The maximum Gasteiger partial charge on any atom is 0.236 e. The van der Waals surface area contributed by atoms with E-state index in [9.17, 15) is 4.79 Å². The zero-order valence-corrected chi connectivity index (χ0v) is 18.2. The molecule has 1 amide bonds. The van der Waals surface area contributed by atoms with Crippen LogP contribution in [0.2, 0.25) is 0 Å². The van der Waals surface area contributed by atoms with Crippen LogP contribution in [0.15, 0.2) is 41.6 Å². The molecule has 0 bridgehead atoms. The number of anilines is 1.